The predicted molar refractivity (Wildman–Crippen MR) is 131 cm³/mol. The van der Waals surface area contributed by atoms with Gasteiger partial charge >= 0.3 is 0 Å². The molecule has 0 saturated carbocycles. The Morgan fingerprint density at radius 2 is 1.55 bits per heavy atom. The summed E-state index contributed by atoms with van der Waals surface area (Å²) in [5, 5.41) is 2.69. The van der Waals surface area contributed by atoms with E-state index in [1.807, 2.05) is 42.5 Å². The van der Waals surface area contributed by atoms with E-state index in [0.717, 1.165) is 11.1 Å². The zero-order valence-corrected chi connectivity index (χ0v) is 19.4. The second-order valence-electron chi connectivity index (χ2n) is 7.07. The lowest BCUT2D eigenvalue weighted by Crippen LogP contribution is -2.12. The van der Waals surface area contributed by atoms with E-state index < -0.39 is 10.0 Å². The highest BCUT2D eigenvalue weighted by Crippen LogP contribution is 2.29. The van der Waals surface area contributed by atoms with Crippen molar-refractivity contribution in [2.75, 3.05) is 4.72 Å². The molecule has 2 aromatic heterocycles. The van der Waals surface area contributed by atoms with Crippen molar-refractivity contribution in [3.63, 3.8) is 0 Å². The molecule has 0 unspecified atom stereocenters. The minimum absolute atomic E-state index is 0.115. The smallest absolute Gasteiger partial charge is 0.263 e. The quantitative estimate of drug-likeness (QED) is 0.288. The number of nitrogens with one attached hydrogen (secondary N) is 1. The molecule has 2 heterocycles. The monoisotopic (exact) mass is 493 g/mol. The van der Waals surface area contributed by atoms with E-state index in [1.54, 1.807) is 35.8 Å². The third-order valence-corrected chi connectivity index (χ3v) is 7.34. The number of oxazole rings is 1. The van der Waals surface area contributed by atoms with E-state index >= 15 is 0 Å². The molecule has 0 spiro atoms. The second kappa shape index (κ2) is 8.82. The van der Waals surface area contributed by atoms with Gasteiger partial charge in [0.1, 0.15) is 0 Å². The molecule has 0 radical (unpaired) electrons. The minimum Gasteiger partial charge on any atom is -0.436 e. The van der Waals surface area contributed by atoms with Gasteiger partial charge in [0, 0.05) is 27.1 Å². The molecular weight excluding hydrogens is 478 g/mol. The van der Waals surface area contributed by atoms with Crippen LogP contribution in [0.1, 0.15) is 0 Å². The highest BCUT2D eigenvalue weighted by atomic mass is 35.5. The Bertz CT molecular complexity index is 1490. The lowest BCUT2D eigenvalue weighted by atomic mass is 10.2. The Hall–Kier alpha value is -3.46. The first-order chi connectivity index (χ1) is 16.0. The maximum Gasteiger partial charge on any atom is 0.263 e. The standard InChI is InChI=1S/C24H16ClN3O3S2/c25-19-10-6-16(7-11-19)21-15-32-24(27-21)28-33(29,30)20-12-8-18(9-13-20)23-26-14-22(31-23)17-4-2-1-3-5-17/h1-15H,(H,27,28). The molecule has 0 saturated heterocycles. The highest BCUT2D eigenvalue weighted by Gasteiger charge is 2.17. The minimum atomic E-state index is -3.80. The number of halogens is 1. The molecule has 5 rings (SSSR count). The van der Waals surface area contributed by atoms with Gasteiger partial charge < -0.3 is 4.42 Å². The van der Waals surface area contributed by atoms with Crippen LogP contribution >= 0.6 is 22.9 Å². The van der Waals surface area contributed by atoms with Crippen molar-refractivity contribution in [2.24, 2.45) is 0 Å². The fraction of sp³-hybridized carbons (Fsp3) is 0. The molecule has 3 aromatic carbocycles. The number of aromatic nitrogens is 2. The molecule has 0 aliphatic heterocycles. The number of thiazole rings is 1. The summed E-state index contributed by atoms with van der Waals surface area (Å²) in [5.74, 6) is 1.06. The third-order valence-electron chi connectivity index (χ3n) is 4.84. The fourth-order valence-electron chi connectivity index (χ4n) is 3.17. The average Bonchev–Trinajstić information content (AvgIpc) is 3.50. The van der Waals surface area contributed by atoms with Gasteiger partial charge in [0.05, 0.1) is 16.8 Å². The van der Waals surface area contributed by atoms with Gasteiger partial charge in [-0.2, -0.15) is 0 Å². The van der Waals surface area contributed by atoms with Gasteiger partial charge in [-0.15, -0.1) is 11.3 Å². The number of sulfonamides is 1. The van der Waals surface area contributed by atoms with Crippen LogP contribution in [0.5, 0.6) is 0 Å². The lowest BCUT2D eigenvalue weighted by Gasteiger charge is -2.05. The van der Waals surface area contributed by atoms with Gasteiger partial charge in [0.25, 0.3) is 10.0 Å². The molecule has 33 heavy (non-hydrogen) atoms. The van der Waals surface area contributed by atoms with Crippen molar-refractivity contribution in [2.45, 2.75) is 4.90 Å². The largest absolute Gasteiger partial charge is 0.436 e. The van der Waals surface area contributed by atoms with Crippen molar-refractivity contribution in [1.82, 2.24) is 9.97 Å². The molecule has 0 bridgehead atoms. The van der Waals surface area contributed by atoms with Crippen molar-refractivity contribution in [3.05, 3.63) is 95.5 Å². The van der Waals surface area contributed by atoms with Crippen molar-refractivity contribution >= 4 is 38.1 Å². The number of nitrogens with zero attached hydrogens (tertiary/aromatic N) is 2. The fourth-order valence-corrected chi connectivity index (χ4v) is 5.27. The maximum atomic E-state index is 12.8. The molecule has 6 nitrogen and oxygen atoms in total. The van der Waals surface area contributed by atoms with E-state index in [9.17, 15) is 8.42 Å². The van der Waals surface area contributed by atoms with E-state index in [1.165, 1.54) is 23.5 Å². The molecule has 0 fully saturated rings. The number of rotatable bonds is 6. The van der Waals surface area contributed by atoms with Crippen LogP contribution in [0.15, 0.2) is 99.8 Å². The Labute approximate surface area is 199 Å². The van der Waals surface area contributed by atoms with Gasteiger partial charge in [0.15, 0.2) is 10.9 Å². The van der Waals surface area contributed by atoms with Crippen LogP contribution in [-0.2, 0) is 10.0 Å². The summed E-state index contributed by atoms with van der Waals surface area (Å²) in [7, 11) is -3.80. The van der Waals surface area contributed by atoms with E-state index in [4.69, 9.17) is 16.0 Å². The summed E-state index contributed by atoms with van der Waals surface area (Å²) in [6.07, 6.45) is 1.65. The number of hydrogen-bond donors (Lipinski definition) is 1. The Balaban J connectivity index is 1.33. The van der Waals surface area contributed by atoms with E-state index in [2.05, 4.69) is 14.7 Å². The molecule has 164 valence electrons. The van der Waals surface area contributed by atoms with Crippen molar-refractivity contribution in [3.8, 4) is 34.0 Å². The number of hydrogen-bond acceptors (Lipinski definition) is 6. The summed E-state index contributed by atoms with van der Waals surface area (Å²) in [5.41, 5.74) is 3.12. The first kappa shape index (κ1) is 21.4. The lowest BCUT2D eigenvalue weighted by molar-refractivity contribution is 0.588. The van der Waals surface area contributed by atoms with Crippen LogP contribution in [0.3, 0.4) is 0 Å². The molecule has 5 aromatic rings. The molecule has 0 amide bonds. The zero-order valence-electron chi connectivity index (χ0n) is 17.0. The molecule has 0 atom stereocenters. The Morgan fingerprint density at radius 3 is 2.27 bits per heavy atom. The molecule has 0 aliphatic rings. The Morgan fingerprint density at radius 1 is 0.848 bits per heavy atom. The van der Waals surface area contributed by atoms with Gasteiger partial charge in [-0.05, 0) is 36.4 Å². The van der Waals surface area contributed by atoms with Crippen molar-refractivity contribution < 1.29 is 12.8 Å². The third kappa shape index (κ3) is 4.68. The van der Waals surface area contributed by atoms with Crippen LogP contribution in [0.2, 0.25) is 5.02 Å². The summed E-state index contributed by atoms with van der Waals surface area (Å²) in [6.45, 7) is 0. The normalized spacial score (nSPS) is 11.4. The predicted octanol–water partition coefficient (Wildman–Crippen LogP) is 6.59. The summed E-state index contributed by atoms with van der Waals surface area (Å²) in [4.78, 5) is 8.80. The maximum absolute atomic E-state index is 12.8. The molecule has 1 N–H and O–H groups in total. The highest BCUT2D eigenvalue weighted by molar-refractivity contribution is 7.93. The van der Waals surface area contributed by atoms with Crippen molar-refractivity contribution in [1.29, 1.82) is 0 Å². The van der Waals surface area contributed by atoms with Crippen LogP contribution < -0.4 is 4.72 Å². The number of benzene rings is 3. The summed E-state index contributed by atoms with van der Waals surface area (Å²) < 4.78 is 34.0. The Kier molecular flexibility index (Phi) is 5.72. The van der Waals surface area contributed by atoms with Gasteiger partial charge in [-0.1, -0.05) is 54.1 Å². The molecule has 9 heteroatoms. The van der Waals surface area contributed by atoms with Crippen LogP contribution in [-0.4, -0.2) is 18.4 Å². The number of anilines is 1. The first-order valence-corrected chi connectivity index (χ1v) is 12.6. The summed E-state index contributed by atoms with van der Waals surface area (Å²) >= 11 is 7.13. The van der Waals surface area contributed by atoms with Gasteiger partial charge in [-0.25, -0.2) is 18.4 Å². The van der Waals surface area contributed by atoms with Crippen LogP contribution in [0.4, 0.5) is 5.13 Å². The van der Waals surface area contributed by atoms with Crippen LogP contribution in [0, 0.1) is 0 Å². The van der Waals surface area contributed by atoms with E-state index in [0.29, 0.717) is 27.9 Å². The van der Waals surface area contributed by atoms with Crippen LogP contribution in [0.25, 0.3) is 34.0 Å². The molecule has 0 aliphatic carbocycles. The second-order valence-corrected chi connectivity index (χ2v) is 10.0. The SMILES string of the molecule is O=S(=O)(Nc1nc(-c2ccc(Cl)cc2)cs1)c1ccc(-c2ncc(-c3ccccc3)o2)cc1. The topological polar surface area (TPSA) is 85.1 Å². The first-order valence-electron chi connectivity index (χ1n) is 9.84. The van der Waals surface area contributed by atoms with Gasteiger partial charge in [-0.3, -0.25) is 4.72 Å². The summed E-state index contributed by atoms with van der Waals surface area (Å²) in [6, 6.07) is 23.2. The zero-order chi connectivity index (χ0) is 22.8. The molecular formula is C24H16ClN3O3S2. The average molecular weight is 494 g/mol. The van der Waals surface area contributed by atoms with E-state index in [-0.39, 0.29) is 10.0 Å². The van der Waals surface area contributed by atoms with Gasteiger partial charge in [0.2, 0.25) is 5.89 Å².